The lowest BCUT2D eigenvalue weighted by molar-refractivity contribution is -0.115. The van der Waals surface area contributed by atoms with Crippen LogP contribution in [0.15, 0.2) is 58.7 Å². The molecule has 4 rings (SSSR count). The van der Waals surface area contributed by atoms with Gasteiger partial charge in [0.15, 0.2) is 5.13 Å². The van der Waals surface area contributed by atoms with Gasteiger partial charge in [0.05, 0.1) is 17.0 Å². The third-order valence-corrected chi connectivity index (χ3v) is 6.18. The summed E-state index contributed by atoms with van der Waals surface area (Å²) in [6.07, 6.45) is 1.88. The Morgan fingerprint density at radius 3 is 2.71 bits per heavy atom. The van der Waals surface area contributed by atoms with Crippen molar-refractivity contribution in [1.29, 1.82) is 0 Å². The Balaban J connectivity index is 1.36. The summed E-state index contributed by atoms with van der Waals surface area (Å²) in [5.74, 6) is -0.364. The number of hydrogen-bond acceptors (Lipinski definition) is 7. The standard InChI is InChI=1S/C19H14N4O2S3/c24-16(21-13-4-1-3-12(9-13)18-20-6-8-27-18)10-14-11-28-19(22-14)23-17(25)15-5-2-7-26-15/h1-9,11H,10H2,(H,21,24)(H,22,23,25). The summed E-state index contributed by atoms with van der Waals surface area (Å²) in [4.78, 5) is 33.6. The molecule has 0 radical (unpaired) electrons. The summed E-state index contributed by atoms with van der Waals surface area (Å²) >= 11 is 4.21. The van der Waals surface area contributed by atoms with Crippen molar-refractivity contribution in [2.24, 2.45) is 0 Å². The zero-order chi connectivity index (χ0) is 19.3. The second kappa shape index (κ2) is 8.42. The normalized spacial score (nSPS) is 10.6. The molecular weight excluding hydrogens is 412 g/mol. The van der Waals surface area contributed by atoms with Gasteiger partial charge in [-0.1, -0.05) is 18.2 Å². The molecule has 0 saturated heterocycles. The van der Waals surface area contributed by atoms with E-state index in [2.05, 4.69) is 20.6 Å². The average molecular weight is 427 g/mol. The van der Waals surface area contributed by atoms with Gasteiger partial charge >= 0.3 is 0 Å². The Morgan fingerprint density at radius 1 is 1.00 bits per heavy atom. The highest BCUT2D eigenvalue weighted by molar-refractivity contribution is 7.14. The highest BCUT2D eigenvalue weighted by Gasteiger charge is 2.12. The van der Waals surface area contributed by atoms with Crippen LogP contribution in [-0.2, 0) is 11.2 Å². The van der Waals surface area contributed by atoms with E-state index in [4.69, 9.17) is 0 Å². The van der Waals surface area contributed by atoms with E-state index in [1.807, 2.05) is 41.1 Å². The van der Waals surface area contributed by atoms with Gasteiger partial charge in [-0.15, -0.1) is 34.0 Å². The van der Waals surface area contributed by atoms with E-state index in [0.29, 0.717) is 21.4 Å². The molecular formula is C19H14N4O2S3. The molecule has 4 aromatic rings. The van der Waals surface area contributed by atoms with Crippen molar-refractivity contribution in [3.05, 3.63) is 69.3 Å². The fourth-order valence-electron chi connectivity index (χ4n) is 2.48. The number of thiazole rings is 2. The summed E-state index contributed by atoms with van der Waals surface area (Å²) in [6, 6.07) is 11.1. The van der Waals surface area contributed by atoms with E-state index in [1.54, 1.807) is 29.0 Å². The first-order valence-electron chi connectivity index (χ1n) is 8.26. The van der Waals surface area contributed by atoms with Crippen LogP contribution in [0.3, 0.4) is 0 Å². The maximum absolute atomic E-state index is 12.4. The minimum absolute atomic E-state index is 0.132. The van der Waals surface area contributed by atoms with Gasteiger partial charge in [0.25, 0.3) is 5.91 Å². The maximum atomic E-state index is 12.4. The minimum atomic E-state index is -0.195. The summed E-state index contributed by atoms with van der Waals surface area (Å²) in [6.45, 7) is 0. The number of nitrogens with zero attached hydrogens (tertiary/aromatic N) is 2. The second-order valence-corrected chi connectivity index (χ2v) is 8.42. The van der Waals surface area contributed by atoms with Gasteiger partial charge in [-0.3, -0.25) is 14.9 Å². The Morgan fingerprint density at radius 2 is 1.93 bits per heavy atom. The third-order valence-electron chi connectivity index (χ3n) is 3.68. The van der Waals surface area contributed by atoms with Crippen LogP contribution < -0.4 is 10.6 Å². The summed E-state index contributed by atoms with van der Waals surface area (Å²) in [7, 11) is 0. The van der Waals surface area contributed by atoms with Crippen molar-refractivity contribution in [3.8, 4) is 10.6 Å². The minimum Gasteiger partial charge on any atom is -0.326 e. The topological polar surface area (TPSA) is 84.0 Å². The van der Waals surface area contributed by atoms with Crippen LogP contribution in [0, 0.1) is 0 Å². The first-order valence-corrected chi connectivity index (χ1v) is 10.9. The van der Waals surface area contributed by atoms with Gasteiger partial charge in [-0.25, -0.2) is 9.97 Å². The largest absolute Gasteiger partial charge is 0.326 e. The van der Waals surface area contributed by atoms with Crippen molar-refractivity contribution in [2.75, 3.05) is 10.6 Å². The maximum Gasteiger partial charge on any atom is 0.267 e. The summed E-state index contributed by atoms with van der Waals surface area (Å²) in [5, 5.41) is 12.5. The molecule has 0 spiro atoms. The second-order valence-electron chi connectivity index (χ2n) is 5.72. The summed E-state index contributed by atoms with van der Waals surface area (Å²) < 4.78 is 0. The van der Waals surface area contributed by atoms with Crippen molar-refractivity contribution in [1.82, 2.24) is 9.97 Å². The van der Waals surface area contributed by atoms with Gasteiger partial charge in [-0.05, 0) is 23.6 Å². The molecule has 0 aliphatic carbocycles. The van der Waals surface area contributed by atoms with Gasteiger partial charge in [0.1, 0.15) is 5.01 Å². The number of thiophene rings is 1. The number of anilines is 2. The number of carbonyl (C=O) groups excluding carboxylic acids is 2. The van der Waals surface area contributed by atoms with Gasteiger partial charge in [0.2, 0.25) is 5.91 Å². The number of rotatable bonds is 6. The van der Waals surface area contributed by atoms with Gasteiger partial charge < -0.3 is 5.32 Å². The van der Waals surface area contributed by atoms with Gasteiger partial charge in [-0.2, -0.15) is 0 Å². The van der Waals surface area contributed by atoms with E-state index in [9.17, 15) is 9.59 Å². The molecule has 0 saturated carbocycles. The Hall–Kier alpha value is -2.88. The molecule has 2 N–H and O–H groups in total. The number of nitrogens with one attached hydrogen (secondary N) is 2. The van der Waals surface area contributed by atoms with Crippen LogP contribution in [0.5, 0.6) is 0 Å². The Kier molecular flexibility index (Phi) is 5.56. The third kappa shape index (κ3) is 4.50. The lowest BCUT2D eigenvalue weighted by Crippen LogP contribution is -2.15. The molecule has 140 valence electrons. The first-order chi connectivity index (χ1) is 13.7. The van der Waals surface area contributed by atoms with E-state index in [0.717, 1.165) is 10.6 Å². The number of aromatic nitrogens is 2. The smallest absolute Gasteiger partial charge is 0.267 e. The molecule has 9 heteroatoms. The van der Waals surface area contributed by atoms with E-state index >= 15 is 0 Å². The molecule has 0 bridgehead atoms. The van der Waals surface area contributed by atoms with Crippen molar-refractivity contribution >= 4 is 56.6 Å². The number of hydrogen-bond donors (Lipinski definition) is 2. The van der Waals surface area contributed by atoms with Crippen LogP contribution in [0.25, 0.3) is 10.6 Å². The molecule has 3 aromatic heterocycles. The average Bonchev–Trinajstić information content (AvgIpc) is 3.45. The predicted octanol–water partition coefficient (Wildman–Crippen LogP) is 4.76. The van der Waals surface area contributed by atoms with Crippen molar-refractivity contribution < 1.29 is 9.59 Å². The highest BCUT2D eigenvalue weighted by atomic mass is 32.1. The van der Waals surface area contributed by atoms with Crippen LogP contribution in [0.1, 0.15) is 15.4 Å². The van der Waals surface area contributed by atoms with Crippen LogP contribution in [-0.4, -0.2) is 21.8 Å². The SMILES string of the molecule is O=C(Cc1csc(NC(=O)c2cccs2)n1)Nc1cccc(-c2nccs2)c1. The van der Waals surface area contributed by atoms with Crippen molar-refractivity contribution in [3.63, 3.8) is 0 Å². The zero-order valence-electron chi connectivity index (χ0n) is 14.4. The fourth-order valence-corrected chi connectivity index (χ4v) is 4.44. The van der Waals surface area contributed by atoms with E-state index in [-0.39, 0.29) is 18.2 Å². The molecule has 2 amide bonds. The van der Waals surface area contributed by atoms with E-state index < -0.39 is 0 Å². The number of benzene rings is 1. The molecule has 0 atom stereocenters. The fraction of sp³-hybridized carbons (Fsp3) is 0.0526. The van der Waals surface area contributed by atoms with Crippen LogP contribution >= 0.6 is 34.0 Å². The lowest BCUT2D eigenvalue weighted by atomic mass is 10.2. The van der Waals surface area contributed by atoms with Gasteiger partial charge in [0, 0.05) is 28.2 Å². The van der Waals surface area contributed by atoms with Crippen molar-refractivity contribution in [2.45, 2.75) is 6.42 Å². The zero-order valence-corrected chi connectivity index (χ0v) is 16.9. The molecule has 0 fully saturated rings. The molecule has 28 heavy (non-hydrogen) atoms. The lowest BCUT2D eigenvalue weighted by Gasteiger charge is -2.05. The quantitative estimate of drug-likeness (QED) is 0.465. The van der Waals surface area contributed by atoms with Crippen LogP contribution in [0.2, 0.25) is 0 Å². The predicted molar refractivity (Wildman–Crippen MR) is 114 cm³/mol. The molecule has 0 aliphatic rings. The molecule has 6 nitrogen and oxygen atoms in total. The van der Waals surface area contributed by atoms with E-state index in [1.165, 1.54) is 22.7 Å². The molecule has 1 aromatic carbocycles. The Labute approximate surface area is 172 Å². The van der Waals surface area contributed by atoms with Crippen LogP contribution in [0.4, 0.5) is 10.8 Å². The number of amides is 2. The monoisotopic (exact) mass is 426 g/mol. The summed E-state index contributed by atoms with van der Waals surface area (Å²) in [5.41, 5.74) is 2.28. The highest BCUT2D eigenvalue weighted by Crippen LogP contribution is 2.24. The molecule has 0 aliphatic heterocycles. The first kappa shape index (κ1) is 18.5. The Bertz CT molecular complexity index is 1090. The number of carbonyl (C=O) groups is 2. The molecule has 3 heterocycles. The molecule has 0 unspecified atom stereocenters.